The lowest BCUT2D eigenvalue weighted by atomic mass is 10.0. The molecule has 1 aliphatic rings. The summed E-state index contributed by atoms with van der Waals surface area (Å²) >= 11 is 0. The topological polar surface area (TPSA) is 58.4 Å². The van der Waals surface area contributed by atoms with Crippen molar-refractivity contribution < 1.29 is 4.79 Å². The summed E-state index contributed by atoms with van der Waals surface area (Å²) in [5.41, 5.74) is 8.07. The third kappa shape index (κ3) is 5.14. The van der Waals surface area contributed by atoms with Gasteiger partial charge in [-0.1, -0.05) is 36.2 Å². The zero-order valence-electron chi connectivity index (χ0n) is 13.0. The van der Waals surface area contributed by atoms with Gasteiger partial charge in [0.2, 0.25) is 5.91 Å². The van der Waals surface area contributed by atoms with Gasteiger partial charge in [0.25, 0.3) is 0 Å². The van der Waals surface area contributed by atoms with Gasteiger partial charge in [0.05, 0.1) is 0 Å². The Morgan fingerprint density at radius 1 is 1.43 bits per heavy atom. The standard InChI is InChI=1S/C17H27N3O/c1-14-5-4-6-15(11-14)13-20-10-3-2-7-16(20)12-19-17(21)8-9-18/h4-6,11,16H,2-3,7-10,12-13,18H2,1H3,(H,19,21). The number of benzene rings is 1. The second-order valence-corrected chi connectivity index (χ2v) is 5.95. The molecule has 1 saturated heterocycles. The van der Waals surface area contributed by atoms with Crippen LogP contribution in [0.15, 0.2) is 24.3 Å². The van der Waals surface area contributed by atoms with Crippen LogP contribution in [0.2, 0.25) is 0 Å². The van der Waals surface area contributed by atoms with E-state index in [0.717, 1.165) is 26.1 Å². The van der Waals surface area contributed by atoms with Crippen molar-refractivity contribution in [2.75, 3.05) is 19.6 Å². The Bertz CT molecular complexity index is 461. The van der Waals surface area contributed by atoms with E-state index in [1.54, 1.807) is 0 Å². The highest BCUT2D eigenvalue weighted by Crippen LogP contribution is 2.19. The second-order valence-electron chi connectivity index (χ2n) is 5.95. The number of hydrogen-bond donors (Lipinski definition) is 2. The molecule has 1 fully saturated rings. The van der Waals surface area contributed by atoms with E-state index in [2.05, 4.69) is 41.4 Å². The van der Waals surface area contributed by atoms with E-state index in [-0.39, 0.29) is 5.91 Å². The molecule has 1 heterocycles. The molecule has 116 valence electrons. The number of piperidine rings is 1. The fraction of sp³-hybridized carbons (Fsp3) is 0.588. The zero-order valence-corrected chi connectivity index (χ0v) is 13.0. The molecule has 2 rings (SSSR count). The summed E-state index contributed by atoms with van der Waals surface area (Å²) in [7, 11) is 0. The Hall–Kier alpha value is -1.39. The van der Waals surface area contributed by atoms with Crippen LogP contribution in [-0.2, 0) is 11.3 Å². The van der Waals surface area contributed by atoms with Crippen LogP contribution in [0.5, 0.6) is 0 Å². The Labute approximate surface area is 127 Å². The van der Waals surface area contributed by atoms with Gasteiger partial charge in [0, 0.05) is 32.1 Å². The van der Waals surface area contributed by atoms with Crippen molar-refractivity contribution in [3.63, 3.8) is 0 Å². The zero-order chi connectivity index (χ0) is 15.1. The maximum Gasteiger partial charge on any atom is 0.221 e. The average Bonchev–Trinajstić information content (AvgIpc) is 2.47. The molecule has 0 saturated carbocycles. The molecule has 1 aromatic carbocycles. The summed E-state index contributed by atoms with van der Waals surface area (Å²) in [6.45, 7) is 5.38. The fourth-order valence-electron chi connectivity index (χ4n) is 3.00. The number of likely N-dealkylation sites (tertiary alicyclic amines) is 1. The maximum absolute atomic E-state index is 11.6. The van der Waals surface area contributed by atoms with Crippen LogP contribution >= 0.6 is 0 Å². The lowest BCUT2D eigenvalue weighted by molar-refractivity contribution is -0.121. The van der Waals surface area contributed by atoms with Crippen LogP contribution in [0, 0.1) is 6.92 Å². The minimum atomic E-state index is 0.0681. The van der Waals surface area contributed by atoms with Crippen molar-refractivity contribution in [3.8, 4) is 0 Å². The Morgan fingerprint density at radius 2 is 2.29 bits per heavy atom. The molecule has 0 radical (unpaired) electrons. The second kappa shape index (κ2) is 8.15. The first-order chi connectivity index (χ1) is 10.2. The normalized spacial score (nSPS) is 19.4. The molecule has 1 aromatic rings. The van der Waals surface area contributed by atoms with E-state index >= 15 is 0 Å². The molecular weight excluding hydrogens is 262 g/mol. The molecule has 4 heteroatoms. The minimum Gasteiger partial charge on any atom is -0.354 e. The molecule has 0 aromatic heterocycles. The summed E-state index contributed by atoms with van der Waals surface area (Å²) in [5.74, 6) is 0.0681. The number of nitrogens with zero attached hydrogens (tertiary/aromatic N) is 1. The summed E-state index contributed by atoms with van der Waals surface area (Å²) in [6.07, 6.45) is 4.08. The summed E-state index contributed by atoms with van der Waals surface area (Å²) in [6, 6.07) is 9.13. The van der Waals surface area contributed by atoms with Gasteiger partial charge in [-0.15, -0.1) is 0 Å². The molecule has 0 bridgehead atoms. The van der Waals surface area contributed by atoms with Gasteiger partial charge in [0.1, 0.15) is 0 Å². The summed E-state index contributed by atoms with van der Waals surface area (Å²) in [4.78, 5) is 14.1. The smallest absolute Gasteiger partial charge is 0.221 e. The maximum atomic E-state index is 11.6. The Kier molecular flexibility index (Phi) is 6.21. The monoisotopic (exact) mass is 289 g/mol. The van der Waals surface area contributed by atoms with Crippen molar-refractivity contribution in [1.29, 1.82) is 0 Å². The van der Waals surface area contributed by atoms with E-state index in [9.17, 15) is 4.79 Å². The molecule has 0 spiro atoms. The highest BCUT2D eigenvalue weighted by Gasteiger charge is 2.22. The van der Waals surface area contributed by atoms with Gasteiger partial charge in [-0.3, -0.25) is 9.69 Å². The van der Waals surface area contributed by atoms with Crippen molar-refractivity contribution in [3.05, 3.63) is 35.4 Å². The van der Waals surface area contributed by atoms with E-state index in [0.29, 0.717) is 19.0 Å². The number of aryl methyl sites for hydroxylation is 1. The largest absolute Gasteiger partial charge is 0.354 e. The van der Waals surface area contributed by atoms with Crippen molar-refractivity contribution in [2.45, 2.75) is 45.2 Å². The van der Waals surface area contributed by atoms with Crippen LogP contribution < -0.4 is 11.1 Å². The average molecular weight is 289 g/mol. The molecule has 1 atom stereocenters. The molecule has 1 amide bonds. The van der Waals surface area contributed by atoms with Crippen LogP contribution in [0.25, 0.3) is 0 Å². The van der Waals surface area contributed by atoms with Gasteiger partial charge in [0.15, 0.2) is 0 Å². The van der Waals surface area contributed by atoms with Crippen LogP contribution in [-0.4, -0.2) is 36.5 Å². The first-order valence-electron chi connectivity index (χ1n) is 7.95. The fourth-order valence-corrected chi connectivity index (χ4v) is 3.00. The number of carbonyl (C=O) groups excluding carboxylic acids is 1. The van der Waals surface area contributed by atoms with Gasteiger partial charge in [-0.25, -0.2) is 0 Å². The van der Waals surface area contributed by atoms with E-state index < -0.39 is 0 Å². The van der Waals surface area contributed by atoms with Gasteiger partial charge >= 0.3 is 0 Å². The summed E-state index contributed by atoms with van der Waals surface area (Å²) < 4.78 is 0. The lowest BCUT2D eigenvalue weighted by Crippen LogP contribution is -2.46. The van der Waals surface area contributed by atoms with Crippen molar-refractivity contribution in [2.24, 2.45) is 5.73 Å². The lowest BCUT2D eigenvalue weighted by Gasteiger charge is -2.36. The Morgan fingerprint density at radius 3 is 3.05 bits per heavy atom. The van der Waals surface area contributed by atoms with Crippen LogP contribution in [0.1, 0.15) is 36.8 Å². The predicted molar refractivity (Wildman–Crippen MR) is 85.9 cm³/mol. The van der Waals surface area contributed by atoms with E-state index in [1.807, 2.05) is 0 Å². The number of rotatable bonds is 6. The third-order valence-corrected chi connectivity index (χ3v) is 4.12. The van der Waals surface area contributed by atoms with E-state index in [4.69, 9.17) is 5.73 Å². The van der Waals surface area contributed by atoms with Crippen LogP contribution in [0.3, 0.4) is 0 Å². The number of carbonyl (C=O) groups is 1. The first-order valence-corrected chi connectivity index (χ1v) is 7.95. The Balaban J connectivity index is 1.90. The number of amides is 1. The van der Waals surface area contributed by atoms with Gasteiger partial charge in [-0.2, -0.15) is 0 Å². The van der Waals surface area contributed by atoms with Crippen molar-refractivity contribution >= 4 is 5.91 Å². The molecule has 4 nitrogen and oxygen atoms in total. The highest BCUT2D eigenvalue weighted by molar-refractivity contribution is 5.76. The van der Waals surface area contributed by atoms with Crippen LogP contribution in [0.4, 0.5) is 0 Å². The quantitative estimate of drug-likeness (QED) is 0.840. The number of nitrogens with two attached hydrogens (primary N) is 1. The molecule has 0 aliphatic carbocycles. The minimum absolute atomic E-state index is 0.0681. The molecule has 1 unspecified atom stereocenters. The predicted octanol–water partition coefficient (Wildman–Crippen LogP) is 1.81. The molecule has 3 N–H and O–H groups in total. The summed E-state index contributed by atoms with van der Waals surface area (Å²) in [5, 5.41) is 3.02. The van der Waals surface area contributed by atoms with Gasteiger partial charge < -0.3 is 11.1 Å². The molecule has 21 heavy (non-hydrogen) atoms. The molecule has 1 aliphatic heterocycles. The first kappa shape index (κ1) is 16.0. The van der Waals surface area contributed by atoms with Crippen molar-refractivity contribution in [1.82, 2.24) is 10.2 Å². The number of hydrogen-bond acceptors (Lipinski definition) is 3. The van der Waals surface area contributed by atoms with Gasteiger partial charge in [-0.05, 0) is 31.9 Å². The number of nitrogens with one attached hydrogen (secondary N) is 1. The third-order valence-electron chi connectivity index (χ3n) is 4.12. The SMILES string of the molecule is Cc1cccc(CN2CCCCC2CNC(=O)CCN)c1. The molecular formula is C17H27N3O. The van der Waals surface area contributed by atoms with E-state index in [1.165, 1.54) is 24.0 Å². The highest BCUT2D eigenvalue weighted by atomic mass is 16.1.